The van der Waals surface area contributed by atoms with Gasteiger partial charge in [0.1, 0.15) is 4.75 Å². The molecule has 3 heterocycles. The second kappa shape index (κ2) is 4.33. The second-order valence-electron chi connectivity index (χ2n) is 6.70. The highest BCUT2D eigenvalue weighted by molar-refractivity contribution is 7.95. The van der Waals surface area contributed by atoms with Crippen LogP contribution >= 0.6 is 46.1 Å². The van der Waals surface area contributed by atoms with Crippen molar-refractivity contribution < 1.29 is 4.55 Å². The Morgan fingerprint density at radius 1 is 0.783 bits per heavy atom. The molecule has 0 fully saturated rings. The van der Waals surface area contributed by atoms with E-state index < -0.39 is 4.75 Å². The van der Waals surface area contributed by atoms with Gasteiger partial charge in [-0.05, 0) is 62.6 Å². The Kier molecular flexibility index (Phi) is 2.77. The lowest BCUT2D eigenvalue weighted by atomic mass is 9.60. The molecular formula is C18H16OS4. The van der Waals surface area contributed by atoms with Crippen molar-refractivity contribution in [1.82, 2.24) is 0 Å². The van der Waals surface area contributed by atoms with Crippen LogP contribution in [-0.2, 0) is 10.2 Å². The van der Waals surface area contributed by atoms with E-state index in [9.17, 15) is 4.55 Å². The van der Waals surface area contributed by atoms with Gasteiger partial charge in [0, 0.05) is 46.7 Å². The van der Waals surface area contributed by atoms with Gasteiger partial charge in [0.25, 0.3) is 0 Å². The first kappa shape index (κ1) is 14.7. The molecule has 2 bridgehead atoms. The predicted octanol–water partition coefficient (Wildman–Crippen LogP) is 6.28. The highest BCUT2D eigenvalue weighted by Crippen LogP contribution is 2.69. The van der Waals surface area contributed by atoms with Crippen LogP contribution in [0, 0.1) is 20.8 Å². The lowest BCUT2D eigenvalue weighted by molar-refractivity contribution is 0.578. The van der Waals surface area contributed by atoms with E-state index in [2.05, 4.69) is 45.9 Å². The van der Waals surface area contributed by atoms with Crippen LogP contribution in [0.15, 0.2) is 18.2 Å². The van der Waals surface area contributed by atoms with Crippen molar-refractivity contribution in [3.8, 4) is 0 Å². The average molecular weight is 377 g/mol. The van der Waals surface area contributed by atoms with Gasteiger partial charge in [-0.3, -0.25) is 0 Å². The number of hydrogen-bond acceptors (Lipinski definition) is 5. The van der Waals surface area contributed by atoms with Crippen molar-refractivity contribution in [3.05, 3.63) is 64.2 Å². The summed E-state index contributed by atoms with van der Waals surface area (Å²) in [6.07, 6.45) is 0. The van der Waals surface area contributed by atoms with Crippen molar-refractivity contribution in [1.29, 1.82) is 0 Å². The molecule has 0 radical (unpaired) electrons. The molecule has 3 aromatic rings. The fourth-order valence-corrected chi connectivity index (χ4v) is 9.45. The van der Waals surface area contributed by atoms with E-state index in [1.807, 2.05) is 34.0 Å². The topological polar surface area (TPSA) is 20.2 Å². The second-order valence-corrected chi connectivity index (χ2v) is 11.3. The molecular weight excluding hydrogens is 360 g/mol. The Morgan fingerprint density at radius 2 is 1.13 bits per heavy atom. The molecule has 1 N–H and O–H groups in total. The van der Waals surface area contributed by atoms with Crippen LogP contribution in [0.3, 0.4) is 0 Å². The van der Waals surface area contributed by atoms with Crippen LogP contribution in [0.4, 0.5) is 0 Å². The molecule has 3 aromatic heterocycles. The molecule has 5 heteroatoms. The molecule has 3 aliphatic rings. The van der Waals surface area contributed by atoms with Crippen LogP contribution in [-0.4, -0.2) is 4.55 Å². The Hall–Kier alpha value is -0.590. The van der Waals surface area contributed by atoms with Gasteiger partial charge >= 0.3 is 0 Å². The number of hydrogen-bond donors (Lipinski definition) is 1. The molecule has 1 nitrogen and oxygen atoms in total. The molecule has 0 saturated heterocycles. The number of thiophene rings is 3. The minimum atomic E-state index is -0.408. The summed E-state index contributed by atoms with van der Waals surface area (Å²) in [6.45, 7) is 8.92. The smallest absolute Gasteiger partial charge is 0.145 e. The molecule has 0 spiro atoms. The van der Waals surface area contributed by atoms with Gasteiger partial charge in [0.2, 0.25) is 0 Å². The quantitative estimate of drug-likeness (QED) is 0.505. The Labute approximate surface area is 152 Å². The Bertz CT molecular complexity index is 851. The van der Waals surface area contributed by atoms with Gasteiger partial charge in [-0.25, -0.2) is 0 Å². The van der Waals surface area contributed by atoms with E-state index in [-0.39, 0.29) is 5.41 Å². The maximum Gasteiger partial charge on any atom is 0.145 e. The third-order valence-corrected chi connectivity index (χ3v) is 10.1. The molecule has 3 aliphatic carbocycles. The van der Waals surface area contributed by atoms with Crippen LogP contribution in [0.1, 0.15) is 52.9 Å². The minimum absolute atomic E-state index is 0.0717. The van der Waals surface area contributed by atoms with Gasteiger partial charge in [-0.1, -0.05) is 0 Å². The maximum atomic E-state index is 10.6. The Balaban J connectivity index is 2.03. The monoisotopic (exact) mass is 376 g/mol. The Morgan fingerprint density at radius 3 is 1.43 bits per heavy atom. The van der Waals surface area contributed by atoms with Gasteiger partial charge in [0.05, 0.1) is 0 Å². The number of rotatable bonds is 1. The van der Waals surface area contributed by atoms with Crippen LogP contribution in [0.5, 0.6) is 0 Å². The largest absolute Gasteiger partial charge is 0.329 e. The van der Waals surface area contributed by atoms with Crippen molar-refractivity contribution >= 4 is 46.1 Å². The molecule has 6 rings (SSSR count). The molecule has 0 atom stereocenters. The van der Waals surface area contributed by atoms with Crippen LogP contribution in [0.25, 0.3) is 0 Å². The highest BCUT2D eigenvalue weighted by atomic mass is 32.2. The lowest BCUT2D eigenvalue weighted by Crippen LogP contribution is -2.44. The summed E-state index contributed by atoms with van der Waals surface area (Å²) in [4.78, 5) is 8.02. The third kappa shape index (κ3) is 1.46. The van der Waals surface area contributed by atoms with Crippen LogP contribution in [0.2, 0.25) is 0 Å². The molecule has 0 aromatic carbocycles. The predicted molar refractivity (Wildman–Crippen MR) is 103 cm³/mol. The number of aryl methyl sites for hydroxylation is 3. The minimum Gasteiger partial charge on any atom is -0.329 e. The summed E-state index contributed by atoms with van der Waals surface area (Å²) in [6, 6.07) is 7.03. The van der Waals surface area contributed by atoms with E-state index in [4.69, 9.17) is 0 Å². The van der Waals surface area contributed by atoms with Gasteiger partial charge in [-0.2, -0.15) is 0 Å². The van der Waals surface area contributed by atoms with Crippen molar-refractivity contribution in [2.75, 3.05) is 0 Å². The maximum absolute atomic E-state index is 10.6. The standard InChI is InChI=1S/C18H16OS4/c1-8-5-11-14(20-8)18(23-19)15-12(6-9(2)21-15)17(11,4)13-7-10(3)22-16(13)18/h5-7,19H,1-4H3. The van der Waals surface area contributed by atoms with E-state index in [1.54, 1.807) is 0 Å². The molecule has 0 aliphatic heterocycles. The van der Waals surface area contributed by atoms with E-state index in [0.29, 0.717) is 0 Å². The molecule has 118 valence electrons. The normalized spacial score (nSPS) is 27.0. The summed E-state index contributed by atoms with van der Waals surface area (Å²) in [5, 5.41) is 0. The zero-order valence-electron chi connectivity index (χ0n) is 13.3. The zero-order chi connectivity index (χ0) is 16.1. The van der Waals surface area contributed by atoms with Crippen molar-refractivity contribution in [3.63, 3.8) is 0 Å². The van der Waals surface area contributed by atoms with Gasteiger partial charge < -0.3 is 4.55 Å². The lowest BCUT2D eigenvalue weighted by Gasteiger charge is -2.49. The van der Waals surface area contributed by atoms with Crippen LogP contribution < -0.4 is 0 Å². The average Bonchev–Trinajstić information content (AvgIpc) is 3.17. The molecule has 0 amide bonds. The first-order valence-corrected chi connectivity index (χ1v) is 10.8. The summed E-state index contributed by atoms with van der Waals surface area (Å²) in [5.74, 6) is 0. The summed E-state index contributed by atoms with van der Waals surface area (Å²) >= 11 is 6.59. The summed E-state index contributed by atoms with van der Waals surface area (Å²) < 4.78 is 10.1. The van der Waals surface area contributed by atoms with Crippen molar-refractivity contribution in [2.24, 2.45) is 0 Å². The molecule has 0 unspecified atom stereocenters. The molecule has 0 saturated carbocycles. The first-order chi connectivity index (χ1) is 10.9. The van der Waals surface area contributed by atoms with Crippen molar-refractivity contribution in [2.45, 2.75) is 37.9 Å². The summed E-state index contributed by atoms with van der Waals surface area (Å²) in [7, 11) is 0. The fraction of sp³-hybridized carbons (Fsp3) is 0.333. The first-order valence-electron chi connectivity index (χ1n) is 7.59. The SMILES string of the molecule is Cc1cc2c(s1)C1(SO)c3sc(C)cc3C2(C)c2cc(C)sc21. The highest BCUT2D eigenvalue weighted by Gasteiger charge is 2.60. The van der Waals surface area contributed by atoms with E-state index in [0.717, 1.165) is 12.0 Å². The van der Waals surface area contributed by atoms with Gasteiger partial charge in [-0.15, -0.1) is 34.0 Å². The fourth-order valence-electron chi connectivity index (χ4n) is 4.31. The zero-order valence-corrected chi connectivity index (χ0v) is 16.6. The summed E-state index contributed by atoms with van der Waals surface area (Å²) in [5.41, 5.74) is 4.13. The van der Waals surface area contributed by atoms with E-state index >= 15 is 0 Å². The molecule has 23 heavy (non-hydrogen) atoms. The van der Waals surface area contributed by atoms with Gasteiger partial charge in [0.15, 0.2) is 0 Å². The third-order valence-electron chi connectivity index (χ3n) is 5.28. The van der Waals surface area contributed by atoms with E-state index in [1.165, 1.54) is 46.0 Å².